The van der Waals surface area contributed by atoms with Gasteiger partial charge in [0.2, 0.25) is 0 Å². The Kier molecular flexibility index (Phi) is 8.81. The van der Waals surface area contributed by atoms with Crippen LogP contribution in [0.3, 0.4) is 0 Å². The van der Waals surface area contributed by atoms with Crippen molar-refractivity contribution in [2.24, 2.45) is 22.2 Å². The van der Waals surface area contributed by atoms with E-state index in [0.29, 0.717) is 34.8 Å². The molecule has 0 atom stereocenters. The highest BCUT2D eigenvalue weighted by Crippen LogP contribution is 2.56. The molecule has 2 N–H and O–H groups in total. The van der Waals surface area contributed by atoms with Crippen LogP contribution >= 0.6 is 0 Å². The van der Waals surface area contributed by atoms with E-state index in [0.717, 1.165) is 17.5 Å². The first-order valence-corrected chi connectivity index (χ1v) is 16.0. The smallest absolute Gasteiger partial charge is 0.321 e. The van der Waals surface area contributed by atoms with Gasteiger partial charge in [-0.1, -0.05) is 71.7 Å². The first-order chi connectivity index (χ1) is 22.0. The summed E-state index contributed by atoms with van der Waals surface area (Å²) in [5.41, 5.74) is -5.96. The van der Waals surface area contributed by atoms with Gasteiger partial charge in [0.05, 0.1) is 17.5 Å². The molecule has 5 rings (SSSR count). The van der Waals surface area contributed by atoms with Crippen molar-refractivity contribution in [1.29, 1.82) is 0 Å². The zero-order valence-corrected chi connectivity index (χ0v) is 27.8. The standard InChI is InChI=1S/C36H43N3O8/c1-33(2,3)36(34(4,5)6,39-30(41)25-13-9-10-14-26(25)37-38-39)21-35(31(42)43,32(44)45)19-27(40)29-18-23-17-24(15-16-28(23)47-29)46-20-22-11-7-8-12-22/h9-10,13-18,22H,7-8,11-12,19-21H2,1-6H3,(H,42,43)(H,44,45). The lowest BCUT2D eigenvalue weighted by atomic mass is 9.54. The van der Waals surface area contributed by atoms with Crippen molar-refractivity contribution >= 4 is 39.6 Å². The molecule has 11 nitrogen and oxygen atoms in total. The number of aromatic nitrogens is 3. The molecule has 0 amide bonds. The maximum absolute atomic E-state index is 14.1. The molecule has 0 saturated heterocycles. The summed E-state index contributed by atoms with van der Waals surface area (Å²) in [6.07, 6.45) is 3.10. The number of nitrogens with zero attached hydrogens (tertiary/aromatic N) is 3. The molecule has 2 aromatic carbocycles. The van der Waals surface area contributed by atoms with Crippen LogP contribution in [0.5, 0.6) is 5.75 Å². The molecule has 2 aromatic heterocycles. The predicted octanol–water partition coefficient (Wildman–Crippen LogP) is 6.71. The van der Waals surface area contributed by atoms with Gasteiger partial charge >= 0.3 is 11.9 Å². The quantitative estimate of drug-likeness (QED) is 0.132. The van der Waals surface area contributed by atoms with Crippen molar-refractivity contribution in [2.45, 2.75) is 85.6 Å². The van der Waals surface area contributed by atoms with E-state index in [-0.39, 0.29) is 11.1 Å². The van der Waals surface area contributed by atoms with E-state index >= 15 is 0 Å². The van der Waals surface area contributed by atoms with E-state index in [1.807, 2.05) is 0 Å². The number of benzene rings is 2. The number of carboxylic acids is 2. The molecular formula is C36H43N3O8. The molecule has 250 valence electrons. The minimum absolute atomic E-state index is 0.167. The average Bonchev–Trinajstić information content (AvgIpc) is 3.67. The Hall–Kier alpha value is -4.54. The number of carboxylic acid groups (broad SMARTS) is 2. The monoisotopic (exact) mass is 645 g/mol. The highest BCUT2D eigenvalue weighted by molar-refractivity contribution is 6.07. The first-order valence-electron chi connectivity index (χ1n) is 16.0. The lowest BCUT2D eigenvalue weighted by Crippen LogP contribution is -2.63. The number of hydrogen-bond donors (Lipinski definition) is 2. The summed E-state index contributed by atoms with van der Waals surface area (Å²) in [6, 6.07) is 13.3. The van der Waals surface area contributed by atoms with Gasteiger partial charge in [-0.15, -0.1) is 5.10 Å². The van der Waals surface area contributed by atoms with Crippen LogP contribution in [0, 0.1) is 22.2 Å². The summed E-state index contributed by atoms with van der Waals surface area (Å²) >= 11 is 0. The number of aliphatic carboxylic acids is 2. The number of carbonyl (C=O) groups excluding carboxylic acids is 1. The molecule has 1 aliphatic carbocycles. The molecule has 0 unspecified atom stereocenters. The maximum atomic E-state index is 14.1. The van der Waals surface area contributed by atoms with Gasteiger partial charge in [-0.05, 0) is 66.0 Å². The summed E-state index contributed by atoms with van der Waals surface area (Å²) < 4.78 is 12.9. The molecule has 4 aromatic rings. The van der Waals surface area contributed by atoms with Crippen LogP contribution in [0.2, 0.25) is 0 Å². The van der Waals surface area contributed by atoms with Crippen LogP contribution in [-0.4, -0.2) is 49.5 Å². The summed E-state index contributed by atoms with van der Waals surface area (Å²) in [4.78, 5) is 54.3. The number of fused-ring (bicyclic) bond motifs is 2. The number of furan rings is 1. The third-order valence-corrected chi connectivity index (χ3v) is 9.97. The zero-order chi connectivity index (χ0) is 34.4. The van der Waals surface area contributed by atoms with Crippen LogP contribution < -0.4 is 10.3 Å². The van der Waals surface area contributed by atoms with E-state index in [1.165, 1.54) is 18.9 Å². The van der Waals surface area contributed by atoms with Gasteiger partial charge in [0.25, 0.3) is 5.56 Å². The first kappa shape index (κ1) is 33.8. The fraction of sp³-hybridized carbons (Fsp3) is 0.500. The van der Waals surface area contributed by atoms with Gasteiger partial charge in [-0.25, -0.2) is 4.68 Å². The maximum Gasteiger partial charge on any atom is 0.321 e. The molecule has 1 aliphatic rings. The van der Waals surface area contributed by atoms with Gasteiger partial charge in [-0.3, -0.25) is 19.2 Å². The van der Waals surface area contributed by atoms with E-state index in [2.05, 4.69) is 10.3 Å². The fourth-order valence-corrected chi connectivity index (χ4v) is 7.50. The van der Waals surface area contributed by atoms with Gasteiger partial charge in [-0.2, -0.15) is 0 Å². The normalized spacial score (nSPS) is 14.9. The predicted molar refractivity (Wildman–Crippen MR) is 176 cm³/mol. The Balaban J connectivity index is 1.57. The molecule has 1 saturated carbocycles. The third kappa shape index (κ3) is 6.03. The second kappa shape index (κ2) is 12.2. The lowest BCUT2D eigenvalue weighted by molar-refractivity contribution is -0.173. The molecule has 0 spiro atoms. The fourth-order valence-electron chi connectivity index (χ4n) is 7.50. The Morgan fingerprint density at radius 1 is 0.936 bits per heavy atom. The number of Topliss-reactive ketones (excluding diaryl/α,β-unsaturated/α-hetero) is 1. The molecular weight excluding hydrogens is 602 g/mol. The van der Waals surface area contributed by atoms with E-state index in [1.54, 1.807) is 84.0 Å². The van der Waals surface area contributed by atoms with E-state index in [4.69, 9.17) is 9.15 Å². The van der Waals surface area contributed by atoms with Crippen molar-refractivity contribution in [3.8, 4) is 5.75 Å². The minimum atomic E-state index is -2.67. The molecule has 0 radical (unpaired) electrons. The van der Waals surface area contributed by atoms with Gasteiger partial charge in [0, 0.05) is 18.2 Å². The van der Waals surface area contributed by atoms with Crippen molar-refractivity contribution in [1.82, 2.24) is 15.0 Å². The number of rotatable bonds is 11. The van der Waals surface area contributed by atoms with E-state index < -0.39 is 57.9 Å². The molecule has 0 bridgehead atoms. The zero-order valence-electron chi connectivity index (χ0n) is 27.8. The summed E-state index contributed by atoms with van der Waals surface area (Å²) in [5, 5.41) is 30.8. The van der Waals surface area contributed by atoms with Crippen molar-refractivity contribution < 1.29 is 33.8 Å². The number of hydrogen-bond acceptors (Lipinski definition) is 8. The minimum Gasteiger partial charge on any atom is -0.493 e. The second-order valence-corrected chi connectivity index (χ2v) is 14.9. The Morgan fingerprint density at radius 3 is 2.19 bits per heavy atom. The van der Waals surface area contributed by atoms with Crippen molar-refractivity contribution in [3.63, 3.8) is 0 Å². The summed E-state index contributed by atoms with van der Waals surface area (Å²) in [6.45, 7) is 11.4. The Morgan fingerprint density at radius 2 is 1.57 bits per heavy atom. The third-order valence-electron chi connectivity index (χ3n) is 9.97. The SMILES string of the molecule is CC(C)(C)C(CC(CC(=O)c1cc2cc(OCC3CCCC3)ccc2o1)(C(=O)O)C(=O)O)(n1nnc2ccccc2c1=O)C(C)(C)C. The number of carbonyl (C=O) groups is 3. The number of ketones is 1. The molecule has 1 fully saturated rings. The van der Waals surface area contributed by atoms with Gasteiger partial charge < -0.3 is 19.4 Å². The lowest BCUT2D eigenvalue weighted by Gasteiger charge is -2.55. The summed E-state index contributed by atoms with van der Waals surface area (Å²) in [5.74, 6) is -3.25. The van der Waals surface area contributed by atoms with Crippen molar-refractivity contribution in [2.75, 3.05) is 6.61 Å². The van der Waals surface area contributed by atoms with Crippen LogP contribution in [-0.2, 0) is 15.1 Å². The molecule has 2 heterocycles. The van der Waals surface area contributed by atoms with E-state index in [9.17, 15) is 29.4 Å². The van der Waals surface area contributed by atoms with Crippen LogP contribution in [0.1, 0.15) is 90.6 Å². The Bertz CT molecular complexity index is 1860. The van der Waals surface area contributed by atoms with Crippen LogP contribution in [0.25, 0.3) is 21.9 Å². The Labute approximate surface area is 272 Å². The highest BCUT2D eigenvalue weighted by Gasteiger charge is 2.62. The molecule has 0 aliphatic heterocycles. The molecule has 47 heavy (non-hydrogen) atoms. The topological polar surface area (TPSA) is 162 Å². The van der Waals surface area contributed by atoms with Crippen molar-refractivity contribution in [3.05, 3.63) is 64.6 Å². The second-order valence-electron chi connectivity index (χ2n) is 14.9. The highest BCUT2D eigenvalue weighted by atomic mass is 16.5. The number of ether oxygens (including phenoxy) is 1. The average molecular weight is 646 g/mol. The van der Waals surface area contributed by atoms with Crippen LogP contribution in [0.4, 0.5) is 0 Å². The molecule has 11 heteroatoms. The van der Waals surface area contributed by atoms with Crippen LogP contribution in [0.15, 0.2) is 57.7 Å². The van der Waals surface area contributed by atoms with Gasteiger partial charge in [0.15, 0.2) is 17.0 Å². The largest absolute Gasteiger partial charge is 0.493 e. The summed E-state index contributed by atoms with van der Waals surface area (Å²) in [7, 11) is 0. The van der Waals surface area contributed by atoms with Gasteiger partial charge in [0.1, 0.15) is 16.8 Å².